The molecule has 5 nitrogen and oxygen atoms in total. The van der Waals surface area contributed by atoms with Gasteiger partial charge in [0.2, 0.25) is 10.0 Å². The van der Waals surface area contributed by atoms with E-state index in [0.717, 1.165) is 15.1 Å². The van der Waals surface area contributed by atoms with Crippen LogP contribution in [0, 0.1) is 0 Å². The van der Waals surface area contributed by atoms with Crippen molar-refractivity contribution in [1.29, 1.82) is 0 Å². The van der Waals surface area contributed by atoms with Gasteiger partial charge in [0.1, 0.15) is 4.90 Å². The number of thioether (sulfide) groups is 1. The fourth-order valence-corrected chi connectivity index (χ4v) is 2.68. The molecule has 0 spiro atoms. The Hall–Kier alpha value is -0.630. The average Bonchev–Trinajstić information content (AvgIpc) is 2.30. The van der Waals surface area contributed by atoms with Crippen LogP contribution in [0.1, 0.15) is 6.42 Å². The minimum atomic E-state index is -3.40. The maximum atomic E-state index is 11.7. The molecule has 1 heterocycles. The Morgan fingerprint density at radius 3 is 2.59 bits per heavy atom. The molecule has 7 heteroatoms. The van der Waals surface area contributed by atoms with Gasteiger partial charge in [-0.15, -0.1) is 11.8 Å². The summed E-state index contributed by atoms with van der Waals surface area (Å²) in [5.41, 5.74) is 0. The van der Waals surface area contributed by atoms with Crippen LogP contribution in [0.5, 0.6) is 0 Å². The molecule has 0 aliphatic carbocycles. The molecule has 0 fully saturated rings. The van der Waals surface area contributed by atoms with Crippen LogP contribution in [0.3, 0.4) is 0 Å². The van der Waals surface area contributed by atoms with Gasteiger partial charge < -0.3 is 5.11 Å². The number of aliphatic hydroxyl groups is 1. The lowest BCUT2D eigenvalue weighted by Crippen LogP contribution is -2.22. The summed E-state index contributed by atoms with van der Waals surface area (Å²) in [7, 11) is -0.427. The number of pyridine rings is 1. The third-order valence-electron chi connectivity index (χ3n) is 2.04. The van der Waals surface area contributed by atoms with Gasteiger partial charge in [-0.2, -0.15) is 0 Å². The van der Waals surface area contributed by atoms with Gasteiger partial charge in [-0.05, 0) is 18.6 Å². The molecule has 0 atom stereocenters. The molecule has 1 aromatic rings. The first kappa shape index (κ1) is 14.4. The van der Waals surface area contributed by atoms with Gasteiger partial charge in [-0.1, -0.05) is 0 Å². The second-order valence-corrected chi connectivity index (χ2v) is 6.81. The van der Waals surface area contributed by atoms with E-state index in [4.69, 9.17) is 5.11 Å². The summed E-state index contributed by atoms with van der Waals surface area (Å²) in [6, 6.07) is 3.22. The zero-order chi connectivity index (χ0) is 12.9. The quantitative estimate of drug-likeness (QED) is 0.615. The first-order valence-electron chi connectivity index (χ1n) is 5.10. The van der Waals surface area contributed by atoms with Crippen molar-refractivity contribution in [3.8, 4) is 0 Å². The average molecular weight is 276 g/mol. The summed E-state index contributed by atoms with van der Waals surface area (Å²) in [4.78, 5) is 4.26. The molecule has 0 unspecified atom stereocenters. The number of rotatable bonds is 6. The lowest BCUT2D eigenvalue weighted by molar-refractivity contribution is 0.296. The van der Waals surface area contributed by atoms with Crippen LogP contribution in [-0.2, 0) is 10.0 Å². The van der Waals surface area contributed by atoms with Gasteiger partial charge in [-0.25, -0.2) is 17.7 Å². The summed E-state index contributed by atoms with van der Waals surface area (Å²) in [5, 5.41) is 9.40. The van der Waals surface area contributed by atoms with E-state index in [-0.39, 0.29) is 11.5 Å². The molecule has 0 saturated heterocycles. The van der Waals surface area contributed by atoms with E-state index in [1.165, 1.54) is 32.1 Å². The molecule has 0 bridgehead atoms. The van der Waals surface area contributed by atoms with Crippen molar-refractivity contribution < 1.29 is 13.5 Å². The highest BCUT2D eigenvalue weighted by atomic mass is 32.2. The first-order chi connectivity index (χ1) is 7.98. The Labute approximate surface area is 106 Å². The monoisotopic (exact) mass is 276 g/mol. The highest BCUT2D eigenvalue weighted by molar-refractivity contribution is 7.99. The Kier molecular flexibility index (Phi) is 5.38. The number of aromatic nitrogens is 1. The Balaban J connectivity index is 2.75. The van der Waals surface area contributed by atoms with Crippen molar-refractivity contribution in [3.63, 3.8) is 0 Å². The van der Waals surface area contributed by atoms with Crippen LogP contribution in [0.2, 0.25) is 0 Å². The smallest absolute Gasteiger partial charge is 0.244 e. The summed E-state index contributed by atoms with van der Waals surface area (Å²) in [6.45, 7) is 0.153. The summed E-state index contributed by atoms with van der Waals surface area (Å²) < 4.78 is 24.7. The number of aliphatic hydroxyl groups excluding tert-OH is 1. The van der Waals surface area contributed by atoms with E-state index in [2.05, 4.69) is 4.98 Å². The molecule has 0 saturated carbocycles. The van der Waals surface area contributed by atoms with Gasteiger partial charge in [-0.3, -0.25) is 0 Å². The van der Waals surface area contributed by atoms with Crippen molar-refractivity contribution >= 4 is 21.8 Å². The van der Waals surface area contributed by atoms with Gasteiger partial charge in [0, 0.05) is 32.7 Å². The molecule has 96 valence electrons. The van der Waals surface area contributed by atoms with Crippen LogP contribution in [0.15, 0.2) is 28.3 Å². The molecule has 1 N–H and O–H groups in total. The molecular weight excluding hydrogens is 260 g/mol. The van der Waals surface area contributed by atoms with Crippen molar-refractivity contribution in [2.75, 3.05) is 26.5 Å². The highest BCUT2D eigenvalue weighted by Gasteiger charge is 2.17. The first-order valence-corrected chi connectivity index (χ1v) is 7.53. The molecule has 1 aromatic heterocycles. The van der Waals surface area contributed by atoms with E-state index < -0.39 is 10.0 Å². The SMILES string of the molecule is CN(C)S(=O)(=O)c1ccc(SCCCO)nc1. The lowest BCUT2D eigenvalue weighted by Gasteiger charge is -2.10. The molecular formula is C10H16N2O3S2. The van der Waals surface area contributed by atoms with Crippen molar-refractivity contribution in [3.05, 3.63) is 18.3 Å². The van der Waals surface area contributed by atoms with E-state index in [1.807, 2.05) is 0 Å². The largest absolute Gasteiger partial charge is 0.396 e. The highest BCUT2D eigenvalue weighted by Crippen LogP contribution is 2.18. The number of sulfonamides is 1. The van der Waals surface area contributed by atoms with Crippen LogP contribution in [-0.4, -0.2) is 49.3 Å². The van der Waals surface area contributed by atoms with Gasteiger partial charge in [0.15, 0.2) is 0 Å². The number of hydrogen-bond donors (Lipinski definition) is 1. The van der Waals surface area contributed by atoms with E-state index in [1.54, 1.807) is 12.1 Å². The van der Waals surface area contributed by atoms with Crippen molar-refractivity contribution in [2.45, 2.75) is 16.3 Å². The van der Waals surface area contributed by atoms with E-state index >= 15 is 0 Å². The summed E-state index contributed by atoms with van der Waals surface area (Å²) >= 11 is 1.49. The fourth-order valence-electron chi connectivity index (χ4n) is 1.06. The number of nitrogens with zero attached hydrogens (tertiary/aromatic N) is 2. The lowest BCUT2D eigenvalue weighted by atomic mass is 10.5. The Bertz CT molecular complexity index is 443. The molecule has 0 aliphatic rings. The van der Waals surface area contributed by atoms with Crippen molar-refractivity contribution in [2.24, 2.45) is 0 Å². The minimum Gasteiger partial charge on any atom is -0.396 e. The van der Waals surface area contributed by atoms with Crippen LogP contribution >= 0.6 is 11.8 Å². The van der Waals surface area contributed by atoms with Gasteiger partial charge >= 0.3 is 0 Å². The van der Waals surface area contributed by atoms with E-state index in [9.17, 15) is 8.42 Å². The second kappa shape index (κ2) is 6.34. The molecule has 17 heavy (non-hydrogen) atoms. The molecule has 0 aromatic carbocycles. The molecule has 0 aliphatic heterocycles. The third-order valence-corrected chi connectivity index (χ3v) is 4.87. The molecule has 0 radical (unpaired) electrons. The van der Waals surface area contributed by atoms with Gasteiger partial charge in [0.25, 0.3) is 0 Å². The fraction of sp³-hybridized carbons (Fsp3) is 0.500. The minimum absolute atomic E-state index is 0.153. The van der Waals surface area contributed by atoms with Gasteiger partial charge in [0.05, 0.1) is 5.03 Å². The normalized spacial score (nSPS) is 12.0. The Morgan fingerprint density at radius 2 is 2.12 bits per heavy atom. The maximum absolute atomic E-state index is 11.7. The topological polar surface area (TPSA) is 70.5 Å². The van der Waals surface area contributed by atoms with Crippen molar-refractivity contribution in [1.82, 2.24) is 9.29 Å². The standard InChI is InChI=1S/C10H16N2O3S2/c1-12(2)17(14,15)9-4-5-10(11-8-9)16-7-3-6-13/h4-5,8,13H,3,6-7H2,1-2H3. The molecule has 1 rings (SSSR count). The predicted molar refractivity (Wildman–Crippen MR) is 67.5 cm³/mol. The third kappa shape index (κ3) is 3.95. The summed E-state index contributed by atoms with van der Waals surface area (Å²) in [5.74, 6) is 0.767. The van der Waals surface area contributed by atoms with Crippen LogP contribution in [0.25, 0.3) is 0 Å². The predicted octanol–water partition coefficient (Wildman–Crippen LogP) is 0.806. The van der Waals surface area contributed by atoms with E-state index in [0.29, 0.717) is 6.42 Å². The molecule has 0 amide bonds. The zero-order valence-electron chi connectivity index (χ0n) is 9.83. The Morgan fingerprint density at radius 1 is 1.41 bits per heavy atom. The van der Waals surface area contributed by atoms with Crippen LogP contribution in [0.4, 0.5) is 0 Å². The second-order valence-electron chi connectivity index (χ2n) is 3.55. The zero-order valence-corrected chi connectivity index (χ0v) is 11.5. The summed E-state index contributed by atoms with van der Waals surface area (Å²) in [6.07, 6.45) is 2.06. The number of hydrogen-bond acceptors (Lipinski definition) is 5. The maximum Gasteiger partial charge on any atom is 0.244 e. The van der Waals surface area contributed by atoms with Crippen LogP contribution < -0.4 is 0 Å².